The maximum Gasteiger partial charge on any atom is 0.309 e. The van der Waals surface area contributed by atoms with Crippen molar-refractivity contribution in [3.63, 3.8) is 0 Å². The third-order valence-electron chi connectivity index (χ3n) is 6.85. The van der Waals surface area contributed by atoms with E-state index in [-0.39, 0.29) is 5.54 Å². The van der Waals surface area contributed by atoms with Gasteiger partial charge in [-0.15, -0.1) is 0 Å². The zero-order valence-electron chi connectivity index (χ0n) is 16.0. The van der Waals surface area contributed by atoms with Crippen LogP contribution in [0.25, 0.3) is 0 Å². The van der Waals surface area contributed by atoms with Gasteiger partial charge in [0.05, 0.1) is 5.41 Å². The maximum atomic E-state index is 11.3. The molecule has 29 heavy (non-hydrogen) atoms. The van der Waals surface area contributed by atoms with Gasteiger partial charge in [-0.2, -0.15) is 0 Å². The van der Waals surface area contributed by atoms with Gasteiger partial charge in [0.15, 0.2) is 0 Å². The molecule has 0 heterocycles. The predicted octanol–water partition coefficient (Wildman–Crippen LogP) is 5.03. The topological polar surface area (TPSA) is 58.6 Å². The van der Waals surface area contributed by atoms with Crippen LogP contribution in [0.2, 0.25) is 10.0 Å². The van der Waals surface area contributed by atoms with E-state index in [9.17, 15) is 9.90 Å². The molecule has 0 spiro atoms. The minimum atomic E-state index is -0.624. The van der Waals surface area contributed by atoms with Gasteiger partial charge in [-0.1, -0.05) is 35.3 Å². The van der Waals surface area contributed by atoms with Crippen molar-refractivity contribution in [2.75, 3.05) is 0 Å². The second-order valence-electron chi connectivity index (χ2n) is 8.90. The van der Waals surface area contributed by atoms with E-state index in [1.54, 1.807) is 0 Å². The van der Waals surface area contributed by atoms with E-state index >= 15 is 0 Å². The van der Waals surface area contributed by atoms with Gasteiger partial charge in [0.2, 0.25) is 0 Å². The van der Waals surface area contributed by atoms with Crippen LogP contribution in [0, 0.1) is 5.41 Å². The molecule has 4 aliphatic carbocycles. The maximum absolute atomic E-state index is 11.3. The largest absolute Gasteiger partial charge is 0.489 e. The molecular weight excluding hydrogens is 409 g/mol. The Bertz CT molecular complexity index is 950. The first-order chi connectivity index (χ1) is 13.9. The highest BCUT2D eigenvalue weighted by Crippen LogP contribution is 2.67. The fourth-order valence-electron chi connectivity index (χ4n) is 5.37. The zero-order chi connectivity index (χ0) is 20.2. The molecule has 0 radical (unpaired) electrons. The Morgan fingerprint density at radius 1 is 1.14 bits per heavy atom. The quantitative estimate of drug-likeness (QED) is 0.673. The fourth-order valence-corrected chi connectivity index (χ4v) is 5.88. The fraction of sp³-hybridized carbons (Fsp3) is 0.435. The molecule has 3 fully saturated rings. The molecule has 3 saturated carbocycles. The van der Waals surface area contributed by atoms with Crippen LogP contribution in [0.5, 0.6) is 5.75 Å². The van der Waals surface area contributed by atoms with Crippen LogP contribution < -0.4 is 10.1 Å². The average Bonchev–Trinajstić information content (AvgIpc) is 2.62. The lowest BCUT2D eigenvalue weighted by Gasteiger charge is -2.69. The second kappa shape index (κ2) is 6.90. The number of hydrogen-bond acceptors (Lipinski definition) is 3. The number of aliphatic carboxylic acids is 1. The first kappa shape index (κ1) is 19.2. The molecule has 2 aromatic rings. The summed E-state index contributed by atoms with van der Waals surface area (Å²) in [7, 11) is 0. The van der Waals surface area contributed by atoms with Crippen molar-refractivity contribution in [3.05, 3.63) is 63.1 Å². The van der Waals surface area contributed by atoms with Crippen molar-refractivity contribution in [3.8, 4) is 5.75 Å². The molecule has 2 bridgehead atoms. The van der Waals surface area contributed by atoms with E-state index in [2.05, 4.69) is 17.4 Å². The Kier molecular flexibility index (Phi) is 4.57. The first-order valence-electron chi connectivity index (χ1n) is 10.1. The lowest BCUT2D eigenvalue weighted by molar-refractivity contribution is -0.200. The van der Waals surface area contributed by atoms with E-state index in [1.807, 2.05) is 24.3 Å². The predicted molar refractivity (Wildman–Crippen MR) is 113 cm³/mol. The number of fused-ring (bicyclic) bond motifs is 1. The van der Waals surface area contributed by atoms with Crippen LogP contribution in [0.15, 0.2) is 36.4 Å². The van der Waals surface area contributed by atoms with Crippen molar-refractivity contribution in [1.82, 2.24) is 5.32 Å². The smallest absolute Gasteiger partial charge is 0.309 e. The molecule has 2 aromatic carbocycles. The summed E-state index contributed by atoms with van der Waals surface area (Å²) >= 11 is 12.4. The van der Waals surface area contributed by atoms with Gasteiger partial charge in [0.25, 0.3) is 0 Å². The van der Waals surface area contributed by atoms with Gasteiger partial charge in [-0.05, 0) is 73.9 Å². The van der Waals surface area contributed by atoms with E-state index < -0.39 is 11.4 Å². The molecule has 6 rings (SSSR count). The number of carboxylic acids is 1. The monoisotopic (exact) mass is 431 g/mol. The van der Waals surface area contributed by atoms with E-state index in [0.717, 1.165) is 49.8 Å². The van der Waals surface area contributed by atoms with Crippen LogP contribution in [0.3, 0.4) is 0 Å². The first-order valence-corrected chi connectivity index (χ1v) is 10.8. The summed E-state index contributed by atoms with van der Waals surface area (Å²) in [6.45, 7) is 0.343. The SMILES string of the molecule is O=C(O)C12CC(NC3CCc4cc(OCc5c(Cl)cccc5Cl)ccc4C3)(C1)C2. The summed E-state index contributed by atoms with van der Waals surface area (Å²) < 4.78 is 5.95. The van der Waals surface area contributed by atoms with E-state index in [1.165, 1.54) is 11.1 Å². The van der Waals surface area contributed by atoms with Gasteiger partial charge >= 0.3 is 5.97 Å². The molecule has 0 aromatic heterocycles. The number of hydrogen-bond donors (Lipinski definition) is 2. The van der Waals surface area contributed by atoms with Crippen molar-refractivity contribution in [2.24, 2.45) is 5.41 Å². The Hall–Kier alpha value is -1.75. The molecular formula is C23H23Cl2NO3. The zero-order valence-corrected chi connectivity index (χ0v) is 17.5. The highest BCUT2D eigenvalue weighted by Gasteiger charge is 2.72. The van der Waals surface area contributed by atoms with Gasteiger partial charge < -0.3 is 15.2 Å². The standard InChI is InChI=1S/C23H23Cl2NO3/c24-19-2-1-3-20(25)18(19)10-29-17-7-5-14-8-16(6-4-15(14)9-17)26-23-11-22(12-23,13-23)21(27)28/h1-3,5,7,9,16,26H,4,6,8,10-13H2,(H,27,28). The van der Waals surface area contributed by atoms with Crippen LogP contribution in [-0.4, -0.2) is 22.7 Å². The van der Waals surface area contributed by atoms with Gasteiger partial charge in [-0.25, -0.2) is 0 Å². The van der Waals surface area contributed by atoms with Crippen molar-refractivity contribution >= 4 is 29.2 Å². The van der Waals surface area contributed by atoms with Crippen LogP contribution >= 0.6 is 23.2 Å². The molecule has 1 atom stereocenters. The number of nitrogens with one attached hydrogen (secondary N) is 1. The number of carboxylic acid groups (broad SMARTS) is 1. The Morgan fingerprint density at radius 2 is 1.86 bits per heavy atom. The summed E-state index contributed by atoms with van der Waals surface area (Å²) in [5.41, 5.74) is 3.13. The summed E-state index contributed by atoms with van der Waals surface area (Å²) in [6.07, 6.45) is 5.40. The Morgan fingerprint density at radius 3 is 2.55 bits per heavy atom. The summed E-state index contributed by atoms with van der Waals surface area (Å²) in [5, 5.41) is 14.3. The number of carbonyl (C=O) groups is 1. The molecule has 6 heteroatoms. The van der Waals surface area contributed by atoms with Gasteiger partial charge in [-0.3, -0.25) is 4.79 Å². The van der Waals surface area contributed by atoms with Crippen molar-refractivity contribution in [2.45, 2.75) is 56.7 Å². The molecule has 0 amide bonds. The van der Waals surface area contributed by atoms with Crippen LogP contribution in [0.4, 0.5) is 0 Å². The number of benzene rings is 2. The number of aryl methyl sites for hydroxylation is 1. The molecule has 152 valence electrons. The Labute approximate surface area is 180 Å². The van der Waals surface area contributed by atoms with E-state index in [4.69, 9.17) is 27.9 Å². The third-order valence-corrected chi connectivity index (χ3v) is 7.55. The molecule has 0 aliphatic heterocycles. The molecule has 1 unspecified atom stereocenters. The summed E-state index contributed by atoms with van der Waals surface area (Å²) in [6, 6.07) is 12.2. The number of rotatable bonds is 6. The van der Waals surface area contributed by atoms with Crippen LogP contribution in [-0.2, 0) is 24.2 Å². The van der Waals surface area contributed by atoms with Crippen LogP contribution in [0.1, 0.15) is 42.4 Å². The molecule has 4 aliphatic rings. The lowest BCUT2D eigenvalue weighted by atomic mass is 9.39. The summed E-state index contributed by atoms with van der Waals surface area (Å²) in [5.74, 6) is 0.203. The minimum absolute atomic E-state index is 0.0812. The van der Waals surface area contributed by atoms with Crippen molar-refractivity contribution < 1.29 is 14.6 Å². The van der Waals surface area contributed by atoms with Gasteiger partial charge in [0, 0.05) is 27.2 Å². The van der Waals surface area contributed by atoms with E-state index in [0.29, 0.717) is 22.7 Å². The number of halogens is 2. The molecule has 2 N–H and O–H groups in total. The summed E-state index contributed by atoms with van der Waals surface area (Å²) in [4.78, 5) is 11.3. The normalized spacial score (nSPS) is 29.4. The highest BCUT2D eigenvalue weighted by molar-refractivity contribution is 6.35. The van der Waals surface area contributed by atoms with Crippen molar-refractivity contribution in [1.29, 1.82) is 0 Å². The second-order valence-corrected chi connectivity index (χ2v) is 9.71. The van der Waals surface area contributed by atoms with Gasteiger partial charge in [0.1, 0.15) is 12.4 Å². The molecule has 0 saturated heterocycles. The minimum Gasteiger partial charge on any atom is -0.489 e. The molecule has 4 nitrogen and oxygen atoms in total. The lowest BCUT2D eigenvalue weighted by Crippen LogP contribution is -2.77. The Balaban J connectivity index is 1.20. The highest BCUT2D eigenvalue weighted by atomic mass is 35.5. The average molecular weight is 432 g/mol. The number of ether oxygens (including phenoxy) is 1. The third kappa shape index (κ3) is 3.31.